The molecule has 16 heavy (non-hydrogen) atoms. The predicted molar refractivity (Wildman–Crippen MR) is 67.4 cm³/mol. The Bertz CT molecular complexity index is 343. The summed E-state index contributed by atoms with van der Waals surface area (Å²) in [6.45, 7) is 8.16. The zero-order valence-corrected chi connectivity index (χ0v) is 10.6. The lowest BCUT2D eigenvalue weighted by atomic mass is 9.83. The van der Waals surface area contributed by atoms with E-state index in [1.165, 1.54) is 5.56 Å². The molecule has 0 aromatic heterocycles. The first kappa shape index (κ1) is 12.8. The molecule has 2 heteroatoms. The molecule has 0 saturated carbocycles. The van der Waals surface area contributed by atoms with Crippen molar-refractivity contribution < 1.29 is 4.79 Å². The molecular formula is C14H21NO. The summed E-state index contributed by atoms with van der Waals surface area (Å²) < 4.78 is 0. The fraction of sp³-hybridized carbons (Fsp3) is 0.500. The summed E-state index contributed by atoms with van der Waals surface area (Å²) in [4.78, 5) is 11.3. The fourth-order valence-corrected chi connectivity index (χ4v) is 2.16. The maximum Gasteiger partial charge on any atom is 0.221 e. The van der Waals surface area contributed by atoms with E-state index < -0.39 is 0 Å². The first-order valence-corrected chi connectivity index (χ1v) is 5.95. The summed E-state index contributed by atoms with van der Waals surface area (Å²) in [7, 11) is 0. The summed E-state index contributed by atoms with van der Waals surface area (Å²) in [5.74, 6) is 0.458. The molecule has 2 rings (SSSR count). The Morgan fingerprint density at radius 1 is 1.19 bits per heavy atom. The average Bonchev–Trinajstić information content (AvgIpc) is 2.56. The van der Waals surface area contributed by atoms with E-state index in [9.17, 15) is 4.79 Å². The average molecular weight is 219 g/mol. The van der Waals surface area contributed by atoms with Gasteiger partial charge >= 0.3 is 0 Å². The van der Waals surface area contributed by atoms with Crippen molar-refractivity contribution >= 4 is 5.91 Å². The molecule has 1 amide bonds. The Kier molecular flexibility index (Phi) is 4.11. The van der Waals surface area contributed by atoms with Crippen LogP contribution in [0.1, 0.15) is 45.6 Å². The number of carbonyl (C=O) groups is 1. The Balaban J connectivity index is 0.000000606. The molecule has 1 fully saturated rings. The highest BCUT2D eigenvalue weighted by Gasteiger charge is 2.39. The lowest BCUT2D eigenvalue weighted by Crippen LogP contribution is -2.38. The van der Waals surface area contributed by atoms with Gasteiger partial charge in [0, 0.05) is 17.9 Å². The van der Waals surface area contributed by atoms with Gasteiger partial charge in [0.15, 0.2) is 0 Å². The van der Waals surface area contributed by atoms with Crippen LogP contribution in [-0.4, -0.2) is 11.4 Å². The number of rotatable bonds is 1. The van der Waals surface area contributed by atoms with Gasteiger partial charge in [0.25, 0.3) is 0 Å². The standard InChI is InChI=1S/C12H15NO.C2H6/c1-12(2)10(8-11(14)13-12)9-6-4-3-5-7-9;1-2/h3-7,10H,8H2,1-2H3,(H,13,14);1-2H3. The molecule has 0 aliphatic carbocycles. The SMILES string of the molecule is CC.CC1(C)NC(=O)CC1c1ccccc1. The number of benzene rings is 1. The smallest absolute Gasteiger partial charge is 0.221 e. The summed E-state index contributed by atoms with van der Waals surface area (Å²) in [6.07, 6.45) is 0.608. The van der Waals surface area contributed by atoms with Crippen molar-refractivity contribution in [3.05, 3.63) is 35.9 Å². The van der Waals surface area contributed by atoms with Crippen molar-refractivity contribution in [2.75, 3.05) is 0 Å². The minimum atomic E-state index is -0.113. The molecule has 88 valence electrons. The number of hydrogen-bond donors (Lipinski definition) is 1. The number of hydrogen-bond acceptors (Lipinski definition) is 1. The van der Waals surface area contributed by atoms with Crippen LogP contribution in [0.5, 0.6) is 0 Å². The van der Waals surface area contributed by atoms with Gasteiger partial charge in [-0.2, -0.15) is 0 Å². The summed E-state index contributed by atoms with van der Waals surface area (Å²) in [6, 6.07) is 10.2. The molecule has 1 unspecified atom stereocenters. The summed E-state index contributed by atoms with van der Waals surface area (Å²) >= 11 is 0. The number of carbonyl (C=O) groups excluding carboxylic acids is 1. The second-order valence-electron chi connectivity index (χ2n) is 4.44. The molecule has 0 spiro atoms. The monoisotopic (exact) mass is 219 g/mol. The third kappa shape index (κ3) is 2.63. The molecule has 1 aliphatic rings. The van der Waals surface area contributed by atoms with Crippen LogP contribution in [0.2, 0.25) is 0 Å². The minimum Gasteiger partial charge on any atom is -0.351 e. The zero-order chi connectivity index (χ0) is 12.2. The third-order valence-electron chi connectivity index (χ3n) is 2.92. The van der Waals surface area contributed by atoms with Crippen LogP contribution in [-0.2, 0) is 4.79 Å². The molecule has 1 heterocycles. The van der Waals surface area contributed by atoms with E-state index in [1.807, 2.05) is 32.0 Å². The van der Waals surface area contributed by atoms with Crippen molar-refractivity contribution in [1.29, 1.82) is 0 Å². The van der Waals surface area contributed by atoms with Crippen molar-refractivity contribution in [2.45, 2.75) is 45.6 Å². The van der Waals surface area contributed by atoms with E-state index in [2.05, 4.69) is 31.3 Å². The van der Waals surface area contributed by atoms with Crippen LogP contribution in [0, 0.1) is 0 Å². The molecule has 1 aromatic carbocycles. The van der Waals surface area contributed by atoms with Gasteiger partial charge in [-0.3, -0.25) is 4.79 Å². The van der Waals surface area contributed by atoms with Gasteiger partial charge in [-0.25, -0.2) is 0 Å². The van der Waals surface area contributed by atoms with Gasteiger partial charge in [-0.15, -0.1) is 0 Å². The van der Waals surface area contributed by atoms with E-state index in [0.29, 0.717) is 12.3 Å². The molecule has 1 N–H and O–H groups in total. The number of amides is 1. The van der Waals surface area contributed by atoms with Crippen LogP contribution in [0.4, 0.5) is 0 Å². The Morgan fingerprint density at radius 2 is 1.75 bits per heavy atom. The molecule has 1 aromatic rings. The van der Waals surface area contributed by atoms with Crippen molar-refractivity contribution in [3.8, 4) is 0 Å². The first-order chi connectivity index (χ1) is 7.59. The Labute approximate surface area is 98.1 Å². The Hall–Kier alpha value is -1.31. The molecule has 1 aliphatic heterocycles. The normalized spacial score (nSPS) is 22.0. The van der Waals surface area contributed by atoms with Gasteiger partial charge in [-0.05, 0) is 19.4 Å². The first-order valence-electron chi connectivity index (χ1n) is 5.95. The molecule has 2 nitrogen and oxygen atoms in total. The highest BCUT2D eigenvalue weighted by atomic mass is 16.2. The van der Waals surface area contributed by atoms with Crippen LogP contribution in [0.3, 0.4) is 0 Å². The number of nitrogens with one attached hydrogen (secondary N) is 1. The van der Waals surface area contributed by atoms with Gasteiger partial charge in [0.1, 0.15) is 0 Å². The van der Waals surface area contributed by atoms with Crippen molar-refractivity contribution in [2.24, 2.45) is 0 Å². The van der Waals surface area contributed by atoms with Crippen molar-refractivity contribution in [3.63, 3.8) is 0 Å². The molecule has 1 saturated heterocycles. The molecular weight excluding hydrogens is 198 g/mol. The minimum absolute atomic E-state index is 0.113. The lowest BCUT2D eigenvalue weighted by molar-refractivity contribution is -0.119. The van der Waals surface area contributed by atoms with Crippen LogP contribution >= 0.6 is 0 Å². The van der Waals surface area contributed by atoms with Gasteiger partial charge in [0.2, 0.25) is 5.91 Å². The quantitative estimate of drug-likeness (QED) is 0.772. The van der Waals surface area contributed by atoms with E-state index >= 15 is 0 Å². The molecule has 0 bridgehead atoms. The lowest BCUT2D eigenvalue weighted by Gasteiger charge is -2.26. The van der Waals surface area contributed by atoms with Crippen LogP contribution in [0.25, 0.3) is 0 Å². The Morgan fingerprint density at radius 3 is 2.19 bits per heavy atom. The van der Waals surface area contributed by atoms with Gasteiger partial charge < -0.3 is 5.32 Å². The van der Waals surface area contributed by atoms with E-state index in [-0.39, 0.29) is 11.4 Å². The van der Waals surface area contributed by atoms with Gasteiger partial charge in [0.05, 0.1) is 0 Å². The van der Waals surface area contributed by atoms with E-state index in [1.54, 1.807) is 0 Å². The highest BCUT2D eigenvalue weighted by molar-refractivity contribution is 5.81. The summed E-state index contributed by atoms with van der Waals surface area (Å²) in [5, 5.41) is 3.00. The molecule has 1 atom stereocenters. The largest absolute Gasteiger partial charge is 0.351 e. The summed E-state index contributed by atoms with van der Waals surface area (Å²) in [5.41, 5.74) is 1.13. The molecule has 0 radical (unpaired) electrons. The van der Waals surface area contributed by atoms with Crippen LogP contribution < -0.4 is 5.32 Å². The van der Waals surface area contributed by atoms with Crippen molar-refractivity contribution in [1.82, 2.24) is 5.32 Å². The van der Waals surface area contributed by atoms with E-state index in [4.69, 9.17) is 0 Å². The fourth-order valence-electron chi connectivity index (χ4n) is 2.16. The second-order valence-corrected chi connectivity index (χ2v) is 4.44. The highest BCUT2D eigenvalue weighted by Crippen LogP contribution is 2.35. The maximum absolute atomic E-state index is 11.3. The zero-order valence-electron chi connectivity index (χ0n) is 10.6. The second kappa shape index (κ2) is 5.15. The predicted octanol–water partition coefficient (Wildman–Crippen LogP) is 3.09. The maximum atomic E-state index is 11.3. The topological polar surface area (TPSA) is 29.1 Å². The van der Waals surface area contributed by atoms with Crippen LogP contribution in [0.15, 0.2) is 30.3 Å². The van der Waals surface area contributed by atoms with Gasteiger partial charge in [-0.1, -0.05) is 44.2 Å². The third-order valence-corrected chi connectivity index (χ3v) is 2.92. The van der Waals surface area contributed by atoms with E-state index in [0.717, 1.165) is 0 Å².